The van der Waals surface area contributed by atoms with Crippen LogP contribution in [0.25, 0.3) is 0 Å². The van der Waals surface area contributed by atoms with E-state index in [2.05, 4.69) is 10.6 Å². The molecule has 0 saturated heterocycles. The van der Waals surface area contributed by atoms with Crippen molar-refractivity contribution < 1.29 is 22.7 Å². The number of carbonyl (C=O) groups is 1. The molecule has 0 atom stereocenters. The first-order chi connectivity index (χ1) is 11.8. The second-order valence-electron chi connectivity index (χ2n) is 5.13. The van der Waals surface area contributed by atoms with E-state index >= 15 is 0 Å². The summed E-state index contributed by atoms with van der Waals surface area (Å²) in [5.74, 6) is 0.276. The van der Waals surface area contributed by atoms with Crippen LogP contribution in [0.2, 0.25) is 5.02 Å². The summed E-state index contributed by atoms with van der Waals surface area (Å²) in [7, 11) is 1.53. The summed E-state index contributed by atoms with van der Waals surface area (Å²) in [4.78, 5) is 11.9. The minimum atomic E-state index is -4.55. The van der Waals surface area contributed by atoms with E-state index in [0.717, 1.165) is 17.7 Å². The summed E-state index contributed by atoms with van der Waals surface area (Å²) in [5.41, 5.74) is 0.00182. The van der Waals surface area contributed by atoms with Crippen LogP contribution in [0.3, 0.4) is 0 Å². The van der Waals surface area contributed by atoms with Crippen LogP contribution >= 0.6 is 11.6 Å². The van der Waals surface area contributed by atoms with E-state index in [1.165, 1.54) is 13.2 Å². The van der Waals surface area contributed by atoms with Crippen molar-refractivity contribution in [1.29, 1.82) is 0 Å². The number of nitrogens with one attached hydrogen (secondary N) is 2. The zero-order chi connectivity index (χ0) is 18.4. The number of halogens is 4. The van der Waals surface area contributed by atoms with Gasteiger partial charge >= 0.3 is 6.18 Å². The van der Waals surface area contributed by atoms with E-state index < -0.39 is 16.8 Å². The average Bonchev–Trinajstić information content (AvgIpc) is 2.58. The molecule has 2 N–H and O–H groups in total. The maximum Gasteiger partial charge on any atom is 0.417 e. The predicted molar refractivity (Wildman–Crippen MR) is 89.8 cm³/mol. The van der Waals surface area contributed by atoms with Gasteiger partial charge < -0.3 is 15.4 Å². The van der Waals surface area contributed by atoms with Gasteiger partial charge in [0.1, 0.15) is 5.75 Å². The molecule has 0 unspecified atom stereocenters. The van der Waals surface area contributed by atoms with Crippen molar-refractivity contribution in [2.75, 3.05) is 19.0 Å². The van der Waals surface area contributed by atoms with Crippen LogP contribution < -0.4 is 15.4 Å². The standard InChI is InChI=1S/C17H16ClF3N2O2/c1-25-15-5-3-2-4-11(15)9-23-16(24)10-22-12-6-7-14(18)13(8-12)17(19,20)21/h2-8,22H,9-10H2,1H3,(H,23,24). The van der Waals surface area contributed by atoms with Crippen LogP contribution in [0.5, 0.6) is 5.75 Å². The van der Waals surface area contributed by atoms with Crippen molar-refractivity contribution in [2.24, 2.45) is 0 Å². The molecule has 0 aliphatic carbocycles. The molecule has 2 aromatic carbocycles. The smallest absolute Gasteiger partial charge is 0.417 e. The molecule has 2 rings (SSSR count). The van der Waals surface area contributed by atoms with Crippen molar-refractivity contribution >= 4 is 23.2 Å². The highest BCUT2D eigenvalue weighted by Crippen LogP contribution is 2.36. The Morgan fingerprint density at radius 3 is 2.60 bits per heavy atom. The topological polar surface area (TPSA) is 50.4 Å². The van der Waals surface area contributed by atoms with Gasteiger partial charge in [-0.3, -0.25) is 4.79 Å². The number of rotatable bonds is 6. The van der Waals surface area contributed by atoms with Crippen LogP contribution in [0.15, 0.2) is 42.5 Å². The number of alkyl halides is 3. The summed E-state index contributed by atoms with van der Waals surface area (Å²) in [5, 5.41) is 4.93. The number of anilines is 1. The normalized spacial score (nSPS) is 11.1. The van der Waals surface area contributed by atoms with Crippen LogP contribution in [-0.4, -0.2) is 19.6 Å². The quantitative estimate of drug-likeness (QED) is 0.802. The predicted octanol–water partition coefficient (Wildman–Crippen LogP) is 4.10. The Labute approximate surface area is 147 Å². The second kappa shape index (κ2) is 8.11. The van der Waals surface area contributed by atoms with E-state index in [1.807, 2.05) is 12.1 Å². The van der Waals surface area contributed by atoms with Gasteiger partial charge in [0.15, 0.2) is 0 Å². The van der Waals surface area contributed by atoms with Crippen LogP contribution in [-0.2, 0) is 17.5 Å². The molecule has 0 aliphatic rings. The van der Waals surface area contributed by atoms with E-state index in [-0.39, 0.29) is 24.7 Å². The van der Waals surface area contributed by atoms with Crippen molar-refractivity contribution in [3.8, 4) is 5.75 Å². The lowest BCUT2D eigenvalue weighted by atomic mass is 10.2. The molecule has 0 saturated carbocycles. The molecule has 8 heteroatoms. The molecule has 4 nitrogen and oxygen atoms in total. The Morgan fingerprint density at radius 1 is 1.20 bits per heavy atom. The van der Waals surface area contributed by atoms with E-state index in [1.54, 1.807) is 12.1 Å². The Kier molecular flexibility index (Phi) is 6.14. The maximum absolute atomic E-state index is 12.8. The molecule has 0 spiro atoms. The van der Waals surface area contributed by atoms with Gasteiger partial charge in [0.2, 0.25) is 5.91 Å². The Hall–Kier alpha value is -2.41. The average molecular weight is 373 g/mol. The molecule has 0 fully saturated rings. The van der Waals surface area contributed by atoms with Gasteiger partial charge in [-0.2, -0.15) is 13.2 Å². The maximum atomic E-state index is 12.8. The summed E-state index contributed by atoms with van der Waals surface area (Å²) in [6, 6.07) is 10.6. The number of amides is 1. The highest BCUT2D eigenvalue weighted by Gasteiger charge is 2.33. The molecule has 0 aromatic heterocycles. The lowest BCUT2D eigenvalue weighted by molar-refractivity contribution is -0.137. The van der Waals surface area contributed by atoms with Gasteiger partial charge in [0.25, 0.3) is 0 Å². The molecule has 0 bridgehead atoms. The molecule has 2 aromatic rings. The highest BCUT2D eigenvalue weighted by atomic mass is 35.5. The van der Waals surface area contributed by atoms with Gasteiger partial charge in [0, 0.05) is 17.8 Å². The van der Waals surface area contributed by atoms with Crippen molar-refractivity contribution in [2.45, 2.75) is 12.7 Å². The SMILES string of the molecule is COc1ccccc1CNC(=O)CNc1ccc(Cl)c(C(F)(F)F)c1. The first-order valence-corrected chi connectivity index (χ1v) is 7.68. The molecular weight excluding hydrogens is 357 g/mol. The number of methoxy groups -OCH3 is 1. The van der Waals surface area contributed by atoms with Gasteiger partial charge in [-0.1, -0.05) is 29.8 Å². The zero-order valence-corrected chi connectivity index (χ0v) is 14.0. The molecule has 0 radical (unpaired) electrons. The second-order valence-corrected chi connectivity index (χ2v) is 5.54. The Bertz CT molecular complexity index is 751. The number of hydrogen-bond acceptors (Lipinski definition) is 3. The van der Waals surface area contributed by atoms with Crippen molar-refractivity contribution in [3.05, 3.63) is 58.6 Å². The lowest BCUT2D eigenvalue weighted by Gasteiger charge is -2.13. The summed E-state index contributed by atoms with van der Waals surface area (Å²) >= 11 is 5.55. The Balaban J connectivity index is 1.92. The van der Waals surface area contributed by atoms with Crippen molar-refractivity contribution in [3.63, 3.8) is 0 Å². The lowest BCUT2D eigenvalue weighted by Crippen LogP contribution is -2.29. The van der Waals surface area contributed by atoms with Gasteiger partial charge in [0.05, 0.1) is 24.2 Å². The van der Waals surface area contributed by atoms with Gasteiger partial charge in [-0.05, 0) is 24.3 Å². The number of ether oxygens (including phenoxy) is 1. The van der Waals surface area contributed by atoms with Gasteiger partial charge in [-0.15, -0.1) is 0 Å². The molecule has 0 aliphatic heterocycles. The van der Waals surface area contributed by atoms with Gasteiger partial charge in [-0.25, -0.2) is 0 Å². The largest absolute Gasteiger partial charge is 0.496 e. The fourth-order valence-electron chi connectivity index (χ4n) is 2.14. The number of hydrogen-bond donors (Lipinski definition) is 2. The number of benzene rings is 2. The number of carbonyl (C=O) groups excluding carboxylic acids is 1. The molecule has 134 valence electrons. The third-order valence-corrected chi connectivity index (χ3v) is 3.72. The highest BCUT2D eigenvalue weighted by molar-refractivity contribution is 6.31. The van der Waals surface area contributed by atoms with Crippen LogP contribution in [0.4, 0.5) is 18.9 Å². The fourth-order valence-corrected chi connectivity index (χ4v) is 2.36. The summed E-state index contributed by atoms with van der Waals surface area (Å²) < 4.78 is 43.6. The number of para-hydroxylation sites is 1. The zero-order valence-electron chi connectivity index (χ0n) is 13.3. The monoisotopic (exact) mass is 372 g/mol. The first kappa shape index (κ1) is 18.9. The molecule has 25 heavy (non-hydrogen) atoms. The van der Waals surface area contributed by atoms with E-state index in [4.69, 9.17) is 16.3 Å². The minimum absolute atomic E-state index is 0.157. The Morgan fingerprint density at radius 2 is 1.92 bits per heavy atom. The molecule has 1 amide bonds. The van der Waals surface area contributed by atoms with Crippen LogP contribution in [0, 0.1) is 0 Å². The van der Waals surface area contributed by atoms with Crippen molar-refractivity contribution in [1.82, 2.24) is 5.32 Å². The fraction of sp³-hybridized carbons (Fsp3) is 0.235. The third-order valence-electron chi connectivity index (χ3n) is 3.39. The minimum Gasteiger partial charge on any atom is -0.496 e. The van der Waals surface area contributed by atoms with E-state index in [9.17, 15) is 18.0 Å². The van der Waals surface area contributed by atoms with E-state index in [0.29, 0.717) is 5.75 Å². The summed E-state index contributed by atoms with van der Waals surface area (Å²) in [6.45, 7) is 0.0764. The van der Waals surface area contributed by atoms with Crippen LogP contribution in [0.1, 0.15) is 11.1 Å². The molecule has 0 heterocycles. The third kappa shape index (κ3) is 5.29. The first-order valence-electron chi connectivity index (χ1n) is 7.30. The molecular formula is C17H16ClF3N2O2. The summed E-state index contributed by atoms with van der Waals surface area (Å²) in [6.07, 6.45) is -4.55.